The first-order valence-electron chi connectivity index (χ1n) is 7.87. The monoisotopic (exact) mass is 354 g/mol. The number of anilines is 1. The molecule has 2 rings (SSSR count). The van der Waals surface area contributed by atoms with Gasteiger partial charge in [-0.05, 0) is 61.7 Å². The average Bonchev–Trinajstić information content (AvgIpc) is 2.58. The number of hydrogen-bond acceptors (Lipinski definition) is 3. The third-order valence-electron chi connectivity index (χ3n) is 3.57. The number of ether oxygens (including phenoxy) is 1. The van der Waals surface area contributed by atoms with E-state index in [1.165, 1.54) is 6.08 Å². The van der Waals surface area contributed by atoms with Crippen molar-refractivity contribution < 1.29 is 9.53 Å². The molecule has 0 bridgehead atoms. The standard InChI is InChI=1S/C20H19ClN2O2/c1-4-25-19-8-7-15(11-17(19)21)10-16(12-22)20(24)23-18-9-13(2)5-6-14(18)3/h5-11H,4H2,1-3H3,(H,23,24)/b16-10+. The second kappa shape index (κ2) is 8.36. The molecule has 0 aliphatic rings. The minimum Gasteiger partial charge on any atom is -0.492 e. The van der Waals surface area contributed by atoms with E-state index in [0.29, 0.717) is 28.6 Å². The Balaban J connectivity index is 2.25. The molecule has 0 heterocycles. The highest BCUT2D eigenvalue weighted by atomic mass is 35.5. The van der Waals surface area contributed by atoms with E-state index in [-0.39, 0.29) is 5.57 Å². The Bertz CT molecular complexity index is 866. The molecule has 0 aliphatic carbocycles. The van der Waals surface area contributed by atoms with E-state index in [0.717, 1.165) is 11.1 Å². The van der Waals surface area contributed by atoms with E-state index in [2.05, 4.69) is 5.32 Å². The summed E-state index contributed by atoms with van der Waals surface area (Å²) in [7, 11) is 0. The van der Waals surface area contributed by atoms with Crippen molar-refractivity contribution >= 4 is 29.3 Å². The maximum absolute atomic E-state index is 12.4. The van der Waals surface area contributed by atoms with Gasteiger partial charge in [-0.25, -0.2) is 0 Å². The van der Waals surface area contributed by atoms with Gasteiger partial charge in [-0.1, -0.05) is 29.8 Å². The third-order valence-corrected chi connectivity index (χ3v) is 3.87. The second-order valence-corrected chi connectivity index (χ2v) is 5.97. The first kappa shape index (κ1) is 18.6. The van der Waals surface area contributed by atoms with Crippen LogP contribution >= 0.6 is 11.6 Å². The molecule has 0 aromatic heterocycles. The maximum Gasteiger partial charge on any atom is 0.266 e. The van der Waals surface area contributed by atoms with Crippen LogP contribution in [-0.4, -0.2) is 12.5 Å². The Morgan fingerprint density at radius 2 is 2.04 bits per heavy atom. The lowest BCUT2D eigenvalue weighted by atomic mass is 10.1. The van der Waals surface area contributed by atoms with Crippen LogP contribution in [0.5, 0.6) is 5.75 Å². The number of benzene rings is 2. The number of amides is 1. The van der Waals surface area contributed by atoms with Crippen LogP contribution in [0.3, 0.4) is 0 Å². The number of nitrogens with zero attached hydrogens (tertiary/aromatic N) is 1. The van der Waals surface area contributed by atoms with E-state index in [4.69, 9.17) is 16.3 Å². The fourth-order valence-corrected chi connectivity index (χ4v) is 2.50. The normalized spacial score (nSPS) is 10.9. The molecule has 0 spiro atoms. The molecule has 1 amide bonds. The Morgan fingerprint density at radius 3 is 2.68 bits per heavy atom. The molecule has 1 N–H and O–H groups in total. The first-order valence-corrected chi connectivity index (χ1v) is 8.25. The summed E-state index contributed by atoms with van der Waals surface area (Å²) >= 11 is 6.14. The van der Waals surface area contributed by atoms with Crippen LogP contribution in [0.4, 0.5) is 5.69 Å². The zero-order chi connectivity index (χ0) is 18.4. The van der Waals surface area contributed by atoms with Gasteiger partial charge in [0.25, 0.3) is 5.91 Å². The molecule has 0 unspecified atom stereocenters. The van der Waals surface area contributed by atoms with E-state index in [1.807, 2.05) is 45.0 Å². The minimum atomic E-state index is -0.457. The van der Waals surface area contributed by atoms with Gasteiger partial charge in [0.1, 0.15) is 17.4 Å². The van der Waals surface area contributed by atoms with Gasteiger partial charge in [-0.3, -0.25) is 4.79 Å². The molecule has 0 saturated heterocycles. The molecular formula is C20H19ClN2O2. The van der Waals surface area contributed by atoms with Crippen molar-refractivity contribution in [1.82, 2.24) is 0 Å². The van der Waals surface area contributed by atoms with Crippen LogP contribution in [0.15, 0.2) is 42.0 Å². The summed E-state index contributed by atoms with van der Waals surface area (Å²) in [5.41, 5.74) is 3.31. The van der Waals surface area contributed by atoms with E-state index in [9.17, 15) is 10.1 Å². The molecule has 128 valence electrons. The topological polar surface area (TPSA) is 62.1 Å². The van der Waals surface area contributed by atoms with Crippen molar-refractivity contribution in [3.63, 3.8) is 0 Å². The molecule has 0 saturated carbocycles. The van der Waals surface area contributed by atoms with Gasteiger partial charge in [0.05, 0.1) is 11.6 Å². The number of hydrogen-bond donors (Lipinski definition) is 1. The molecule has 5 heteroatoms. The maximum atomic E-state index is 12.4. The largest absolute Gasteiger partial charge is 0.492 e. The van der Waals surface area contributed by atoms with Crippen molar-refractivity contribution in [3.8, 4) is 11.8 Å². The van der Waals surface area contributed by atoms with Gasteiger partial charge in [-0.2, -0.15) is 5.26 Å². The highest BCUT2D eigenvalue weighted by Crippen LogP contribution is 2.26. The van der Waals surface area contributed by atoms with Crippen molar-refractivity contribution in [2.75, 3.05) is 11.9 Å². The van der Waals surface area contributed by atoms with Crippen molar-refractivity contribution in [1.29, 1.82) is 5.26 Å². The quantitative estimate of drug-likeness (QED) is 0.613. The second-order valence-electron chi connectivity index (χ2n) is 5.57. The average molecular weight is 355 g/mol. The van der Waals surface area contributed by atoms with Crippen molar-refractivity contribution in [3.05, 3.63) is 63.7 Å². The van der Waals surface area contributed by atoms with E-state index >= 15 is 0 Å². The lowest BCUT2D eigenvalue weighted by Gasteiger charge is -2.09. The SMILES string of the molecule is CCOc1ccc(/C=C(\C#N)C(=O)Nc2cc(C)ccc2C)cc1Cl. The number of rotatable bonds is 5. The predicted octanol–water partition coefficient (Wildman–Crippen LogP) is 4.90. The Hall–Kier alpha value is -2.77. The Labute approximate surface area is 152 Å². The molecule has 0 aliphatic heterocycles. The number of halogens is 1. The van der Waals surface area contributed by atoms with Gasteiger partial charge >= 0.3 is 0 Å². The Kier molecular flexibility index (Phi) is 6.21. The van der Waals surface area contributed by atoms with Crippen LogP contribution in [0.1, 0.15) is 23.6 Å². The summed E-state index contributed by atoms with van der Waals surface area (Å²) in [6.07, 6.45) is 1.50. The summed E-state index contributed by atoms with van der Waals surface area (Å²) in [4.78, 5) is 12.4. The molecule has 25 heavy (non-hydrogen) atoms. The molecule has 0 atom stereocenters. The zero-order valence-electron chi connectivity index (χ0n) is 14.4. The number of carbonyl (C=O) groups is 1. The van der Waals surface area contributed by atoms with Gasteiger partial charge in [-0.15, -0.1) is 0 Å². The smallest absolute Gasteiger partial charge is 0.266 e. The summed E-state index contributed by atoms with van der Waals surface area (Å²) < 4.78 is 5.38. The van der Waals surface area contributed by atoms with Gasteiger partial charge in [0.15, 0.2) is 0 Å². The van der Waals surface area contributed by atoms with Gasteiger partial charge in [0, 0.05) is 5.69 Å². The summed E-state index contributed by atoms with van der Waals surface area (Å²) in [6, 6.07) is 12.8. The van der Waals surface area contributed by atoms with Crippen LogP contribution in [0.2, 0.25) is 5.02 Å². The molecular weight excluding hydrogens is 336 g/mol. The van der Waals surface area contributed by atoms with Crippen LogP contribution < -0.4 is 10.1 Å². The lowest BCUT2D eigenvalue weighted by molar-refractivity contribution is -0.112. The summed E-state index contributed by atoms with van der Waals surface area (Å²) in [6.45, 7) is 6.22. The number of nitriles is 1. The fraction of sp³-hybridized carbons (Fsp3) is 0.200. The first-order chi connectivity index (χ1) is 11.9. The van der Waals surface area contributed by atoms with Gasteiger partial charge in [0.2, 0.25) is 0 Å². The lowest BCUT2D eigenvalue weighted by Crippen LogP contribution is -2.14. The van der Waals surface area contributed by atoms with Crippen molar-refractivity contribution in [2.24, 2.45) is 0 Å². The number of aryl methyl sites for hydroxylation is 2. The molecule has 0 radical (unpaired) electrons. The van der Waals surface area contributed by atoms with E-state index in [1.54, 1.807) is 18.2 Å². The molecule has 4 nitrogen and oxygen atoms in total. The zero-order valence-corrected chi connectivity index (χ0v) is 15.1. The predicted molar refractivity (Wildman–Crippen MR) is 101 cm³/mol. The van der Waals surface area contributed by atoms with Crippen LogP contribution in [-0.2, 0) is 4.79 Å². The third kappa shape index (κ3) is 4.85. The van der Waals surface area contributed by atoms with Crippen molar-refractivity contribution in [2.45, 2.75) is 20.8 Å². The Morgan fingerprint density at radius 1 is 1.28 bits per heavy atom. The van der Waals surface area contributed by atoms with E-state index < -0.39 is 5.91 Å². The number of carbonyl (C=O) groups excluding carboxylic acids is 1. The molecule has 0 fully saturated rings. The fourth-order valence-electron chi connectivity index (χ4n) is 2.25. The highest BCUT2D eigenvalue weighted by molar-refractivity contribution is 6.32. The molecule has 2 aromatic rings. The number of nitrogens with one attached hydrogen (secondary N) is 1. The van der Waals surface area contributed by atoms with Gasteiger partial charge < -0.3 is 10.1 Å². The molecule has 2 aromatic carbocycles. The minimum absolute atomic E-state index is 0.00105. The van der Waals surface area contributed by atoms with Crippen LogP contribution in [0.25, 0.3) is 6.08 Å². The summed E-state index contributed by atoms with van der Waals surface area (Å²) in [5, 5.41) is 12.5. The highest BCUT2D eigenvalue weighted by Gasteiger charge is 2.12. The summed E-state index contributed by atoms with van der Waals surface area (Å²) in [5.74, 6) is 0.112. The van der Waals surface area contributed by atoms with Crippen LogP contribution in [0, 0.1) is 25.2 Å².